The van der Waals surface area contributed by atoms with E-state index in [2.05, 4.69) is 4.90 Å². The van der Waals surface area contributed by atoms with E-state index in [-0.39, 0.29) is 5.78 Å². The third kappa shape index (κ3) is 4.22. The highest BCUT2D eigenvalue weighted by atomic mass is 35.5. The first-order valence-electron chi connectivity index (χ1n) is 6.57. The summed E-state index contributed by atoms with van der Waals surface area (Å²) in [6.45, 7) is 3.33. The van der Waals surface area contributed by atoms with Gasteiger partial charge in [0.15, 0.2) is 5.78 Å². The Morgan fingerprint density at radius 1 is 1.20 bits per heavy atom. The molecule has 1 heterocycles. The molecular weight excluding hydrogens is 274 g/mol. The minimum Gasteiger partial charge on any atom is -0.465 e. The summed E-state index contributed by atoms with van der Waals surface area (Å²) in [4.78, 5) is 14.1. The molecular formula is C16H18ClNO2. The van der Waals surface area contributed by atoms with E-state index >= 15 is 0 Å². The zero-order chi connectivity index (χ0) is 14.5. The third-order valence-corrected chi connectivity index (χ3v) is 3.36. The molecule has 1 aromatic heterocycles. The van der Waals surface area contributed by atoms with Crippen molar-refractivity contribution >= 4 is 17.4 Å². The van der Waals surface area contributed by atoms with Crippen LogP contribution in [0.5, 0.6) is 0 Å². The molecule has 20 heavy (non-hydrogen) atoms. The molecule has 0 spiro atoms. The van der Waals surface area contributed by atoms with E-state index < -0.39 is 0 Å². The van der Waals surface area contributed by atoms with Gasteiger partial charge in [-0.15, -0.1) is 0 Å². The highest BCUT2D eigenvalue weighted by Gasteiger charge is 2.09. The molecule has 0 aliphatic heterocycles. The molecule has 106 valence electrons. The summed E-state index contributed by atoms with van der Waals surface area (Å²) in [5.74, 6) is 1.96. The summed E-state index contributed by atoms with van der Waals surface area (Å²) in [5, 5.41) is 0.645. The summed E-state index contributed by atoms with van der Waals surface area (Å²) in [5.41, 5.74) is 0.705. The fourth-order valence-electron chi connectivity index (χ4n) is 1.99. The lowest BCUT2D eigenvalue weighted by atomic mass is 10.1. The second-order valence-corrected chi connectivity index (χ2v) is 5.37. The lowest BCUT2D eigenvalue weighted by Crippen LogP contribution is -2.21. The first-order chi connectivity index (χ1) is 9.54. The van der Waals surface area contributed by atoms with Crippen LogP contribution in [0.3, 0.4) is 0 Å². The molecule has 4 heteroatoms. The number of ketones is 1. The van der Waals surface area contributed by atoms with Crippen LogP contribution < -0.4 is 0 Å². The number of carbonyl (C=O) groups excluding carboxylic acids is 1. The monoisotopic (exact) mass is 291 g/mol. The van der Waals surface area contributed by atoms with E-state index in [0.717, 1.165) is 11.5 Å². The highest BCUT2D eigenvalue weighted by Crippen LogP contribution is 2.12. The molecule has 2 aromatic rings. The van der Waals surface area contributed by atoms with Crippen molar-refractivity contribution in [1.29, 1.82) is 0 Å². The van der Waals surface area contributed by atoms with Crippen molar-refractivity contribution in [2.24, 2.45) is 0 Å². The van der Waals surface area contributed by atoms with Crippen LogP contribution in [0.2, 0.25) is 5.02 Å². The Kier molecular flexibility index (Phi) is 4.99. The number of halogens is 1. The van der Waals surface area contributed by atoms with E-state index in [0.29, 0.717) is 30.1 Å². The van der Waals surface area contributed by atoms with Crippen molar-refractivity contribution in [1.82, 2.24) is 4.90 Å². The highest BCUT2D eigenvalue weighted by molar-refractivity contribution is 6.30. The number of aryl methyl sites for hydroxylation is 1. The van der Waals surface area contributed by atoms with Gasteiger partial charge in [0, 0.05) is 23.6 Å². The van der Waals surface area contributed by atoms with Gasteiger partial charge < -0.3 is 4.42 Å². The van der Waals surface area contributed by atoms with E-state index in [9.17, 15) is 4.79 Å². The topological polar surface area (TPSA) is 33.5 Å². The van der Waals surface area contributed by atoms with E-state index in [1.165, 1.54) is 0 Å². The second-order valence-electron chi connectivity index (χ2n) is 4.93. The lowest BCUT2D eigenvalue weighted by molar-refractivity contribution is 0.0966. The SMILES string of the molecule is Cc1ccc(CN(C)CCC(=O)c2ccc(Cl)cc2)o1. The smallest absolute Gasteiger partial charge is 0.164 e. The number of carbonyl (C=O) groups is 1. The summed E-state index contributed by atoms with van der Waals surface area (Å²) in [6, 6.07) is 10.9. The van der Waals surface area contributed by atoms with Crippen molar-refractivity contribution in [2.45, 2.75) is 19.9 Å². The van der Waals surface area contributed by atoms with Gasteiger partial charge in [-0.2, -0.15) is 0 Å². The standard InChI is InChI=1S/C16H18ClNO2/c1-12-3-8-15(20-12)11-18(2)10-9-16(19)13-4-6-14(17)7-5-13/h3-8H,9-11H2,1-2H3. The Hall–Kier alpha value is -1.58. The van der Waals surface area contributed by atoms with Crippen LogP contribution in [0.15, 0.2) is 40.8 Å². The summed E-state index contributed by atoms with van der Waals surface area (Å²) < 4.78 is 5.52. The summed E-state index contributed by atoms with van der Waals surface area (Å²) >= 11 is 5.81. The summed E-state index contributed by atoms with van der Waals surface area (Å²) in [7, 11) is 1.98. The number of rotatable bonds is 6. The molecule has 0 aliphatic carbocycles. The maximum absolute atomic E-state index is 12.0. The van der Waals surface area contributed by atoms with Crippen LogP contribution >= 0.6 is 11.6 Å². The van der Waals surface area contributed by atoms with Gasteiger partial charge in [-0.25, -0.2) is 0 Å². The second kappa shape index (κ2) is 6.73. The maximum atomic E-state index is 12.0. The molecule has 0 aliphatic rings. The predicted octanol–water partition coefficient (Wildman–Crippen LogP) is 3.95. The van der Waals surface area contributed by atoms with Crippen molar-refractivity contribution in [3.8, 4) is 0 Å². The van der Waals surface area contributed by atoms with Crippen LogP contribution in [-0.2, 0) is 6.54 Å². The van der Waals surface area contributed by atoms with Crippen LogP contribution in [-0.4, -0.2) is 24.3 Å². The largest absolute Gasteiger partial charge is 0.465 e. The van der Waals surface area contributed by atoms with Gasteiger partial charge in [-0.3, -0.25) is 9.69 Å². The van der Waals surface area contributed by atoms with E-state index in [1.54, 1.807) is 24.3 Å². The van der Waals surface area contributed by atoms with Gasteiger partial charge >= 0.3 is 0 Å². The van der Waals surface area contributed by atoms with Gasteiger partial charge in [-0.05, 0) is 50.4 Å². The number of hydrogen-bond donors (Lipinski definition) is 0. The molecule has 0 atom stereocenters. The van der Waals surface area contributed by atoms with Gasteiger partial charge in [-0.1, -0.05) is 11.6 Å². The first-order valence-corrected chi connectivity index (χ1v) is 6.95. The Labute approximate surface area is 124 Å². The number of hydrogen-bond acceptors (Lipinski definition) is 3. The van der Waals surface area contributed by atoms with Crippen LogP contribution in [0.4, 0.5) is 0 Å². The molecule has 0 radical (unpaired) electrons. The van der Waals surface area contributed by atoms with Crippen molar-refractivity contribution in [2.75, 3.05) is 13.6 Å². The Morgan fingerprint density at radius 2 is 1.90 bits per heavy atom. The third-order valence-electron chi connectivity index (χ3n) is 3.11. The molecule has 0 saturated carbocycles. The van der Waals surface area contributed by atoms with Crippen LogP contribution in [0.25, 0.3) is 0 Å². The molecule has 0 saturated heterocycles. The normalized spacial score (nSPS) is 11.0. The fourth-order valence-corrected chi connectivity index (χ4v) is 2.11. The molecule has 0 amide bonds. The van der Waals surface area contributed by atoms with Gasteiger partial charge in [0.1, 0.15) is 11.5 Å². The van der Waals surface area contributed by atoms with Crippen LogP contribution in [0.1, 0.15) is 28.3 Å². The average molecular weight is 292 g/mol. The van der Waals surface area contributed by atoms with Crippen molar-refractivity contribution < 1.29 is 9.21 Å². The minimum atomic E-state index is 0.129. The number of Topliss-reactive ketones (excluding diaryl/α,β-unsaturated/α-hetero) is 1. The van der Waals surface area contributed by atoms with Crippen LogP contribution in [0, 0.1) is 6.92 Å². The maximum Gasteiger partial charge on any atom is 0.164 e. The van der Waals surface area contributed by atoms with E-state index in [1.807, 2.05) is 26.1 Å². The average Bonchev–Trinajstić information content (AvgIpc) is 2.82. The van der Waals surface area contributed by atoms with Gasteiger partial charge in [0.05, 0.1) is 6.54 Å². The predicted molar refractivity (Wildman–Crippen MR) is 80.2 cm³/mol. The van der Waals surface area contributed by atoms with Crippen molar-refractivity contribution in [3.05, 3.63) is 58.5 Å². The zero-order valence-corrected chi connectivity index (χ0v) is 12.5. The summed E-state index contributed by atoms with van der Waals surface area (Å²) in [6.07, 6.45) is 0.484. The molecule has 0 fully saturated rings. The van der Waals surface area contributed by atoms with Crippen molar-refractivity contribution in [3.63, 3.8) is 0 Å². The van der Waals surface area contributed by atoms with Gasteiger partial charge in [0.25, 0.3) is 0 Å². The van der Waals surface area contributed by atoms with E-state index in [4.69, 9.17) is 16.0 Å². The molecule has 1 aromatic carbocycles. The minimum absolute atomic E-state index is 0.129. The first kappa shape index (κ1) is 14.8. The lowest BCUT2D eigenvalue weighted by Gasteiger charge is -2.14. The number of benzene rings is 1. The quantitative estimate of drug-likeness (QED) is 0.756. The Balaban J connectivity index is 1.82. The zero-order valence-electron chi connectivity index (χ0n) is 11.7. The Morgan fingerprint density at radius 3 is 2.50 bits per heavy atom. The molecule has 2 rings (SSSR count). The van der Waals surface area contributed by atoms with Gasteiger partial charge in [0.2, 0.25) is 0 Å². The fraction of sp³-hybridized carbons (Fsp3) is 0.312. The molecule has 3 nitrogen and oxygen atoms in total. The number of nitrogens with zero attached hydrogens (tertiary/aromatic N) is 1. The Bertz CT molecular complexity index is 574. The molecule has 0 bridgehead atoms. The molecule has 0 N–H and O–H groups in total. The number of furan rings is 1. The molecule has 0 unspecified atom stereocenters.